The molecule has 0 saturated heterocycles. The van der Waals surface area contributed by atoms with Gasteiger partial charge in [0.1, 0.15) is 0 Å². The average molecular weight is 504 g/mol. The Kier molecular flexibility index (Phi) is 6.84. The first-order chi connectivity index (χ1) is 13.5. The molecule has 178 valence electrons. The largest absolute Gasteiger partial charge is 0.460 e. The second kappa shape index (κ2) is 7.85. The minimum atomic E-state index is -8.00. The summed E-state index contributed by atoms with van der Waals surface area (Å²) in [6.07, 6.45) is -10.2. The molecule has 0 fully saturated rings. The maximum Gasteiger partial charge on any atom is 0.460 e. The molecular weight excluding hydrogens is 497 g/mol. The molecule has 0 bridgehead atoms. The van der Waals surface area contributed by atoms with Gasteiger partial charge in [0, 0.05) is 18.6 Å². The Labute approximate surface area is 167 Å². The number of nitro groups is 1. The van der Waals surface area contributed by atoms with Gasteiger partial charge in [-0.2, -0.15) is 57.1 Å². The quantitative estimate of drug-likeness (QED) is 0.166. The highest BCUT2D eigenvalue weighted by Crippen LogP contribution is 2.61. The number of nitrogens with zero attached hydrogens (tertiary/aromatic N) is 1. The van der Waals surface area contributed by atoms with Gasteiger partial charge in [0.15, 0.2) is 0 Å². The van der Waals surface area contributed by atoms with E-state index in [0.29, 0.717) is 12.1 Å². The lowest BCUT2D eigenvalue weighted by atomic mass is 9.91. The van der Waals surface area contributed by atoms with Crippen LogP contribution in [0.25, 0.3) is 0 Å². The molecule has 0 heterocycles. The van der Waals surface area contributed by atoms with Crippen molar-refractivity contribution in [3.8, 4) is 0 Å². The van der Waals surface area contributed by atoms with Gasteiger partial charge < -0.3 is 0 Å². The minimum absolute atomic E-state index is 0.427. The summed E-state index contributed by atoms with van der Waals surface area (Å²) in [7, 11) is 0. The van der Waals surface area contributed by atoms with E-state index in [1.807, 2.05) is 0 Å². The summed E-state index contributed by atoms with van der Waals surface area (Å²) in [6.45, 7) is 0. The molecule has 0 aromatic heterocycles. The van der Waals surface area contributed by atoms with E-state index in [1.54, 1.807) is 0 Å². The van der Waals surface area contributed by atoms with Gasteiger partial charge in [-0.1, -0.05) is 12.1 Å². The molecule has 0 aliphatic carbocycles. The Hall–Kier alpha value is -2.00. The molecule has 17 heteroatoms. The number of non-ortho nitro benzene ring substituents is 1. The minimum Gasteiger partial charge on any atom is -0.258 e. The summed E-state index contributed by atoms with van der Waals surface area (Å²) in [5.74, 6) is -37.6. The van der Waals surface area contributed by atoms with E-state index < -0.39 is 63.8 Å². The second-order valence-electron chi connectivity index (χ2n) is 6.02. The summed E-state index contributed by atoms with van der Waals surface area (Å²) >= 11 is 5.30. The number of hydrogen-bond acceptors (Lipinski definition) is 2. The lowest BCUT2D eigenvalue weighted by Crippen LogP contribution is -2.70. The molecule has 1 aromatic rings. The van der Waals surface area contributed by atoms with Gasteiger partial charge in [-0.25, -0.2) is 0 Å². The van der Waals surface area contributed by atoms with E-state index in [1.165, 1.54) is 0 Å². The highest BCUT2D eigenvalue weighted by molar-refractivity contribution is 6.20. The predicted molar refractivity (Wildman–Crippen MR) is 77.1 cm³/mol. The van der Waals surface area contributed by atoms with Gasteiger partial charge >= 0.3 is 35.8 Å². The molecule has 31 heavy (non-hydrogen) atoms. The van der Waals surface area contributed by atoms with E-state index in [9.17, 15) is 67.2 Å². The highest BCUT2D eigenvalue weighted by atomic mass is 35.5. The van der Waals surface area contributed by atoms with Crippen molar-refractivity contribution in [2.45, 2.75) is 47.6 Å². The highest BCUT2D eigenvalue weighted by Gasteiger charge is 2.90. The van der Waals surface area contributed by atoms with Crippen LogP contribution in [0, 0.1) is 10.1 Å². The van der Waals surface area contributed by atoms with Gasteiger partial charge in [0.05, 0.1) is 10.3 Å². The summed E-state index contributed by atoms with van der Waals surface area (Å²) in [5.41, 5.74) is -1.60. The fourth-order valence-electron chi connectivity index (χ4n) is 2.11. The van der Waals surface area contributed by atoms with Crippen LogP contribution in [-0.2, 0) is 0 Å². The molecule has 1 rings (SSSR count). The van der Waals surface area contributed by atoms with Crippen molar-refractivity contribution in [3.05, 3.63) is 39.9 Å². The van der Waals surface area contributed by atoms with Crippen molar-refractivity contribution in [1.29, 1.82) is 0 Å². The topological polar surface area (TPSA) is 43.1 Å². The van der Waals surface area contributed by atoms with Crippen LogP contribution in [0.2, 0.25) is 0 Å². The molecule has 0 saturated carbocycles. The molecule has 1 aromatic carbocycles. The van der Waals surface area contributed by atoms with Crippen LogP contribution in [0.1, 0.15) is 17.4 Å². The Morgan fingerprint density at radius 1 is 0.806 bits per heavy atom. The first-order valence-electron chi connectivity index (χ1n) is 7.39. The van der Waals surface area contributed by atoms with Crippen LogP contribution < -0.4 is 0 Å². The maximum atomic E-state index is 13.8. The normalized spacial score (nSPS) is 15.7. The van der Waals surface area contributed by atoms with Crippen molar-refractivity contribution in [2.75, 3.05) is 0 Å². The van der Waals surface area contributed by atoms with Crippen LogP contribution in [0.3, 0.4) is 0 Å². The van der Waals surface area contributed by atoms with Crippen LogP contribution in [0.4, 0.5) is 62.8 Å². The Morgan fingerprint density at radius 2 is 1.26 bits per heavy atom. The fourth-order valence-corrected chi connectivity index (χ4v) is 2.44. The predicted octanol–water partition coefficient (Wildman–Crippen LogP) is 7.00. The fraction of sp³-hybridized carbons (Fsp3) is 0.571. The zero-order valence-corrected chi connectivity index (χ0v) is 14.9. The molecule has 3 nitrogen and oxygen atoms in total. The third-order valence-corrected chi connectivity index (χ3v) is 4.28. The molecule has 0 aliphatic rings. The van der Waals surface area contributed by atoms with E-state index in [2.05, 4.69) is 0 Å². The van der Waals surface area contributed by atoms with Crippen molar-refractivity contribution in [3.63, 3.8) is 0 Å². The Bertz CT molecular complexity index is 825. The zero-order valence-electron chi connectivity index (χ0n) is 14.1. The maximum absolute atomic E-state index is 13.8. The average Bonchev–Trinajstić information content (AvgIpc) is 2.59. The van der Waals surface area contributed by atoms with Gasteiger partial charge in [-0.05, 0) is 5.56 Å². The molecule has 1 unspecified atom stereocenters. The number of alkyl halides is 14. The van der Waals surface area contributed by atoms with Gasteiger partial charge in [0.2, 0.25) is 0 Å². The van der Waals surface area contributed by atoms with E-state index in [0.717, 1.165) is 12.1 Å². The summed E-state index contributed by atoms with van der Waals surface area (Å²) in [4.78, 5) is 9.48. The lowest BCUT2D eigenvalue weighted by Gasteiger charge is -2.40. The second-order valence-corrected chi connectivity index (χ2v) is 6.55. The molecule has 0 spiro atoms. The third kappa shape index (κ3) is 4.35. The Balaban J connectivity index is 3.36. The SMILES string of the molecule is O=[N+]([O-])c1cccc(C(Cl)CC(F)(F)C(F)(F)C(F)(F)C(F)(F)C(F)(F)C(F)(F)F)c1. The number of nitro benzene ring substituents is 1. The van der Waals surface area contributed by atoms with Crippen molar-refractivity contribution in [2.24, 2.45) is 0 Å². The third-order valence-electron chi connectivity index (χ3n) is 3.88. The molecule has 0 radical (unpaired) electrons. The van der Waals surface area contributed by atoms with Crippen LogP contribution in [-0.4, -0.2) is 40.7 Å². The first-order valence-corrected chi connectivity index (χ1v) is 7.82. The first kappa shape index (κ1) is 27.0. The van der Waals surface area contributed by atoms with E-state index >= 15 is 0 Å². The van der Waals surface area contributed by atoms with E-state index in [4.69, 9.17) is 11.6 Å². The monoisotopic (exact) mass is 503 g/mol. The summed E-state index contributed by atoms with van der Waals surface area (Å²) < 4.78 is 170. The molecule has 1 atom stereocenters. The van der Waals surface area contributed by atoms with Crippen molar-refractivity contribution >= 4 is 17.3 Å². The smallest absolute Gasteiger partial charge is 0.258 e. The number of rotatable bonds is 8. The lowest BCUT2D eigenvalue weighted by molar-refractivity contribution is -0.440. The summed E-state index contributed by atoms with van der Waals surface area (Å²) in [6, 6.07) is 2.71. The van der Waals surface area contributed by atoms with Gasteiger partial charge in [0.25, 0.3) is 5.69 Å². The molecule has 0 amide bonds. The van der Waals surface area contributed by atoms with E-state index in [-0.39, 0.29) is 0 Å². The molecular formula is C14H7ClF13NO2. The van der Waals surface area contributed by atoms with Crippen LogP contribution in [0.15, 0.2) is 24.3 Å². The van der Waals surface area contributed by atoms with Gasteiger partial charge in [-0.15, -0.1) is 11.6 Å². The molecule has 0 N–H and O–H groups in total. The van der Waals surface area contributed by atoms with Gasteiger partial charge in [-0.3, -0.25) is 10.1 Å². The summed E-state index contributed by atoms with van der Waals surface area (Å²) in [5, 5.41) is 8.08. The van der Waals surface area contributed by atoms with Crippen molar-refractivity contribution < 1.29 is 62.0 Å². The molecule has 0 aliphatic heterocycles. The number of halogens is 14. The number of hydrogen-bond donors (Lipinski definition) is 0. The zero-order chi connectivity index (χ0) is 24.8. The van der Waals surface area contributed by atoms with Crippen LogP contribution >= 0.6 is 11.6 Å². The standard InChI is InChI=1S/C14H7ClF13NO2/c15-8(6-2-1-3-7(4-6)29(30)31)5-9(16,17)10(18,19)11(20,21)12(22,23)13(24,25)14(26,27)28/h1-4,8H,5H2. The Morgan fingerprint density at radius 3 is 1.68 bits per heavy atom. The number of benzene rings is 1. The van der Waals surface area contributed by atoms with Crippen LogP contribution in [0.5, 0.6) is 0 Å². The van der Waals surface area contributed by atoms with Crippen molar-refractivity contribution in [1.82, 2.24) is 0 Å².